The quantitative estimate of drug-likeness (QED) is 0.868. The lowest BCUT2D eigenvalue weighted by molar-refractivity contribution is 0.474. The SMILES string of the molecule is CCn1ncc(C(C)NCc2ccc(O)cc2)c1C. The van der Waals surface area contributed by atoms with E-state index in [-0.39, 0.29) is 6.04 Å². The van der Waals surface area contributed by atoms with Gasteiger partial charge in [0.1, 0.15) is 5.75 Å². The lowest BCUT2D eigenvalue weighted by Crippen LogP contribution is -2.18. The van der Waals surface area contributed by atoms with Gasteiger partial charge in [-0.15, -0.1) is 0 Å². The van der Waals surface area contributed by atoms with Crippen molar-refractivity contribution in [3.63, 3.8) is 0 Å². The first-order valence-electron chi connectivity index (χ1n) is 6.65. The standard InChI is InChI=1S/C15H21N3O/c1-4-18-12(3)15(10-17-18)11(2)16-9-13-5-7-14(19)8-6-13/h5-8,10-11,16,19H,4,9H2,1-3H3. The first kappa shape index (κ1) is 13.6. The summed E-state index contributed by atoms with van der Waals surface area (Å²) in [6.45, 7) is 8.02. The summed E-state index contributed by atoms with van der Waals surface area (Å²) >= 11 is 0. The number of aryl methyl sites for hydroxylation is 1. The number of phenolic OH excluding ortho intramolecular Hbond substituents is 1. The van der Waals surface area contributed by atoms with Gasteiger partial charge in [0.15, 0.2) is 0 Å². The topological polar surface area (TPSA) is 50.1 Å². The minimum absolute atomic E-state index is 0.258. The maximum Gasteiger partial charge on any atom is 0.115 e. The number of nitrogens with zero attached hydrogens (tertiary/aromatic N) is 2. The van der Waals surface area contributed by atoms with Gasteiger partial charge in [-0.2, -0.15) is 5.10 Å². The van der Waals surface area contributed by atoms with E-state index in [9.17, 15) is 5.11 Å². The number of nitrogens with one attached hydrogen (secondary N) is 1. The average Bonchev–Trinajstić information content (AvgIpc) is 2.79. The molecule has 4 heteroatoms. The molecule has 0 aliphatic carbocycles. The highest BCUT2D eigenvalue weighted by Gasteiger charge is 2.12. The van der Waals surface area contributed by atoms with Crippen molar-refractivity contribution in [2.45, 2.75) is 39.9 Å². The highest BCUT2D eigenvalue weighted by atomic mass is 16.3. The molecule has 0 aliphatic heterocycles. The molecule has 0 amide bonds. The summed E-state index contributed by atoms with van der Waals surface area (Å²) in [5.41, 5.74) is 3.61. The third-order valence-corrected chi connectivity index (χ3v) is 3.46. The van der Waals surface area contributed by atoms with Crippen LogP contribution in [0.25, 0.3) is 0 Å². The van der Waals surface area contributed by atoms with Crippen LogP contribution in [0, 0.1) is 6.92 Å². The van der Waals surface area contributed by atoms with E-state index in [2.05, 4.69) is 31.2 Å². The zero-order valence-electron chi connectivity index (χ0n) is 11.7. The number of hydrogen-bond acceptors (Lipinski definition) is 3. The van der Waals surface area contributed by atoms with Crippen LogP contribution >= 0.6 is 0 Å². The summed E-state index contributed by atoms with van der Waals surface area (Å²) in [5.74, 6) is 0.303. The fourth-order valence-corrected chi connectivity index (χ4v) is 2.20. The summed E-state index contributed by atoms with van der Waals surface area (Å²) in [6.07, 6.45) is 1.94. The Hall–Kier alpha value is -1.81. The van der Waals surface area contributed by atoms with Crippen molar-refractivity contribution >= 4 is 0 Å². The predicted octanol–water partition coefficient (Wildman–Crippen LogP) is 2.77. The van der Waals surface area contributed by atoms with Crippen LogP contribution in [0.3, 0.4) is 0 Å². The number of benzene rings is 1. The Kier molecular flexibility index (Phi) is 4.22. The lowest BCUT2D eigenvalue weighted by atomic mass is 10.1. The van der Waals surface area contributed by atoms with E-state index >= 15 is 0 Å². The molecular weight excluding hydrogens is 238 g/mol. The smallest absolute Gasteiger partial charge is 0.115 e. The van der Waals surface area contributed by atoms with E-state index in [0.29, 0.717) is 5.75 Å². The fraction of sp³-hybridized carbons (Fsp3) is 0.400. The number of phenols is 1. The first-order chi connectivity index (χ1) is 9.11. The third-order valence-electron chi connectivity index (χ3n) is 3.46. The Balaban J connectivity index is 1.99. The Bertz CT molecular complexity index is 531. The highest BCUT2D eigenvalue weighted by Crippen LogP contribution is 2.17. The van der Waals surface area contributed by atoms with Crippen molar-refractivity contribution in [1.82, 2.24) is 15.1 Å². The molecule has 2 rings (SSSR count). The maximum absolute atomic E-state index is 9.25. The van der Waals surface area contributed by atoms with Crippen molar-refractivity contribution in [2.24, 2.45) is 0 Å². The molecule has 0 aliphatic rings. The van der Waals surface area contributed by atoms with Gasteiger partial charge in [-0.05, 0) is 38.5 Å². The molecule has 0 radical (unpaired) electrons. The van der Waals surface area contributed by atoms with E-state index in [4.69, 9.17) is 0 Å². The van der Waals surface area contributed by atoms with Crippen LogP contribution in [0.2, 0.25) is 0 Å². The molecular formula is C15H21N3O. The zero-order valence-corrected chi connectivity index (χ0v) is 11.7. The minimum atomic E-state index is 0.258. The van der Waals surface area contributed by atoms with Crippen LogP contribution in [0.15, 0.2) is 30.5 Å². The molecule has 1 aromatic heterocycles. The summed E-state index contributed by atoms with van der Waals surface area (Å²) in [5, 5.41) is 17.1. The van der Waals surface area contributed by atoms with Crippen molar-refractivity contribution in [3.05, 3.63) is 47.3 Å². The summed E-state index contributed by atoms with van der Waals surface area (Å²) in [7, 11) is 0. The van der Waals surface area contributed by atoms with E-state index in [1.165, 1.54) is 11.3 Å². The zero-order chi connectivity index (χ0) is 13.8. The number of aromatic nitrogens is 2. The van der Waals surface area contributed by atoms with Gasteiger partial charge in [0.2, 0.25) is 0 Å². The lowest BCUT2D eigenvalue weighted by Gasteiger charge is -2.14. The van der Waals surface area contributed by atoms with Gasteiger partial charge in [-0.25, -0.2) is 0 Å². The summed E-state index contributed by atoms with van der Waals surface area (Å²) in [6, 6.07) is 7.54. The second-order valence-corrected chi connectivity index (χ2v) is 4.77. The molecule has 102 valence electrons. The minimum Gasteiger partial charge on any atom is -0.508 e. The van der Waals surface area contributed by atoms with Crippen LogP contribution in [-0.2, 0) is 13.1 Å². The molecule has 0 bridgehead atoms. The molecule has 1 unspecified atom stereocenters. The first-order valence-corrected chi connectivity index (χ1v) is 6.65. The molecule has 2 aromatic rings. The van der Waals surface area contributed by atoms with E-state index in [0.717, 1.165) is 18.7 Å². The predicted molar refractivity (Wildman–Crippen MR) is 76.0 cm³/mol. The molecule has 0 saturated carbocycles. The van der Waals surface area contributed by atoms with Crippen LogP contribution < -0.4 is 5.32 Å². The van der Waals surface area contributed by atoms with Gasteiger partial charge in [-0.1, -0.05) is 12.1 Å². The van der Waals surface area contributed by atoms with Gasteiger partial charge >= 0.3 is 0 Å². The van der Waals surface area contributed by atoms with Gasteiger partial charge in [0.25, 0.3) is 0 Å². The Morgan fingerprint density at radius 2 is 2.00 bits per heavy atom. The molecule has 0 saturated heterocycles. The number of rotatable bonds is 5. The van der Waals surface area contributed by atoms with Crippen molar-refractivity contribution < 1.29 is 5.11 Å². The van der Waals surface area contributed by atoms with E-state index in [1.54, 1.807) is 12.1 Å². The van der Waals surface area contributed by atoms with Crippen LogP contribution in [0.1, 0.15) is 36.7 Å². The third kappa shape index (κ3) is 3.15. The van der Waals surface area contributed by atoms with Gasteiger partial charge in [-0.3, -0.25) is 4.68 Å². The van der Waals surface area contributed by atoms with Gasteiger partial charge in [0, 0.05) is 30.4 Å². The average molecular weight is 259 g/mol. The summed E-state index contributed by atoms with van der Waals surface area (Å²) < 4.78 is 2.01. The Labute approximate surface area is 114 Å². The fourth-order valence-electron chi connectivity index (χ4n) is 2.20. The normalized spacial score (nSPS) is 12.6. The molecule has 0 spiro atoms. The van der Waals surface area contributed by atoms with Gasteiger partial charge in [0.05, 0.1) is 6.20 Å². The Morgan fingerprint density at radius 3 is 2.58 bits per heavy atom. The largest absolute Gasteiger partial charge is 0.508 e. The molecule has 1 atom stereocenters. The van der Waals surface area contributed by atoms with Crippen molar-refractivity contribution in [2.75, 3.05) is 0 Å². The molecule has 0 fully saturated rings. The summed E-state index contributed by atoms with van der Waals surface area (Å²) in [4.78, 5) is 0. The van der Waals surface area contributed by atoms with Gasteiger partial charge < -0.3 is 10.4 Å². The van der Waals surface area contributed by atoms with Crippen molar-refractivity contribution in [1.29, 1.82) is 0 Å². The van der Waals surface area contributed by atoms with E-state index in [1.807, 2.05) is 23.0 Å². The molecule has 2 N–H and O–H groups in total. The van der Waals surface area contributed by atoms with Crippen LogP contribution in [0.4, 0.5) is 0 Å². The molecule has 1 heterocycles. The molecule has 1 aromatic carbocycles. The molecule has 19 heavy (non-hydrogen) atoms. The second kappa shape index (κ2) is 5.89. The van der Waals surface area contributed by atoms with Crippen LogP contribution in [-0.4, -0.2) is 14.9 Å². The van der Waals surface area contributed by atoms with Crippen molar-refractivity contribution in [3.8, 4) is 5.75 Å². The number of hydrogen-bond donors (Lipinski definition) is 2. The highest BCUT2D eigenvalue weighted by molar-refractivity contribution is 5.26. The van der Waals surface area contributed by atoms with E-state index < -0.39 is 0 Å². The Morgan fingerprint density at radius 1 is 1.32 bits per heavy atom. The monoisotopic (exact) mass is 259 g/mol. The van der Waals surface area contributed by atoms with Crippen LogP contribution in [0.5, 0.6) is 5.75 Å². The maximum atomic E-state index is 9.25. The number of aromatic hydroxyl groups is 1. The molecule has 4 nitrogen and oxygen atoms in total. The second-order valence-electron chi connectivity index (χ2n) is 4.77.